The molecule has 1 heterocycles. The van der Waals surface area contributed by atoms with Gasteiger partial charge in [0.25, 0.3) is 10.0 Å². The highest BCUT2D eigenvalue weighted by Gasteiger charge is 2.21. The third-order valence-electron chi connectivity index (χ3n) is 4.36. The minimum Gasteiger partial charge on any atom is -0.496 e. The summed E-state index contributed by atoms with van der Waals surface area (Å²) < 4.78 is 39.2. The fourth-order valence-corrected chi connectivity index (χ4v) is 3.90. The van der Waals surface area contributed by atoms with E-state index in [4.69, 9.17) is 14.6 Å². The van der Waals surface area contributed by atoms with Crippen LogP contribution in [-0.4, -0.2) is 43.8 Å². The van der Waals surface area contributed by atoms with Crippen molar-refractivity contribution in [3.8, 4) is 11.6 Å². The summed E-state index contributed by atoms with van der Waals surface area (Å²) in [5, 5.41) is 9.12. The molecule has 0 bridgehead atoms. The number of hydrogen-bond acceptors (Lipinski definition) is 7. The number of nitrogens with one attached hydrogen (secondary N) is 1. The molecule has 9 heteroatoms. The monoisotopic (exact) mass is 429 g/mol. The number of benzene rings is 2. The highest BCUT2D eigenvalue weighted by atomic mass is 32.2. The number of aryl methyl sites for hydroxylation is 1. The lowest BCUT2D eigenvalue weighted by molar-refractivity contribution is 0.195. The first-order valence-corrected chi connectivity index (χ1v) is 10.7. The van der Waals surface area contributed by atoms with Gasteiger partial charge >= 0.3 is 0 Å². The number of nitrogens with zero attached hydrogens (tertiary/aromatic N) is 2. The maximum atomic E-state index is 12.9. The Balaban J connectivity index is 2.02. The summed E-state index contributed by atoms with van der Waals surface area (Å²) in [5.74, 6) is 0.929. The molecule has 2 N–H and O–H groups in total. The number of aromatic nitrogens is 2. The molecule has 0 aliphatic heterocycles. The maximum Gasteiger partial charge on any atom is 0.263 e. The predicted octanol–water partition coefficient (Wildman–Crippen LogP) is 2.56. The van der Waals surface area contributed by atoms with E-state index in [0.29, 0.717) is 11.3 Å². The van der Waals surface area contributed by atoms with Gasteiger partial charge in [-0.05, 0) is 30.7 Å². The van der Waals surface area contributed by atoms with Crippen LogP contribution >= 0.6 is 0 Å². The molecule has 30 heavy (non-hydrogen) atoms. The van der Waals surface area contributed by atoms with Crippen LogP contribution in [0.2, 0.25) is 0 Å². The highest BCUT2D eigenvalue weighted by Crippen LogP contribution is 2.30. The van der Waals surface area contributed by atoms with Gasteiger partial charge in [-0.25, -0.2) is 18.4 Å². The molecule has 0 unspecified atom stereocenters. The topological polar surface area (TPSA) is 111 Å². The molecule has 0 spiro atoms. The predicted molar refractivity (Wildman–Crippen MR) is 112 cm³/mol. The van der Waals surface area contributed by atoms with Crippen molar-refractivity contribution in [3.63, 3.8) is 0 Å². The fourth-order valence-electron chi connectivity index (χ4n) is 2.85. The van der Waals surface area contributed by atoms with Crippen LogP contribution in [0.1, 0.15) is 16.7 Å². The van der Waals surface area contributed by atoms with E-state index in [-0.39, 0.29) is 36.2 Å². The van der Waals surface area contributed by atoms with Crippen molar-refractivity contribution < 1.29 is 23.0 Å². The Hall–Kier alpha value is -3.17. The van der Waals surface area contributed by atoms with Gasteiger partial charge in [-0.2, -0.15) is 0 Å². The molecular formula is C21H23N3O5S. The van der Waals surface area contributed by atoms with Gasteiger partial charge in [0.15, 0.2) is 5.82 Å². The van der Waals surface area contributed by atoms with E-state index in [2.05, 4.69) is 14.7 Å². The van der Waals surface area contributed by atoms with Gasteiger partial charge in [-0.3, -0.25) is 4.72 Å². The van der Waals surface area contributed by atoms with Crippen LogP contribution in [0.4, 0.5) is 5.82 Å². The number of aliphatic hydroxyl groups is 1. The average Bonchev–Trinajstić information content (AvgIpc) is 2.74. The Bertz CT molecular complexity index is 1100. The standard InChI is InChI=1S/C21H23N3O5S/c1-15-7-9-17(10-8-15)30(26,27)24-20-18(21(23-14-22-20)29-12-11-25)13-16-5-3-4-6-19(16)28-2/h3-10,14,25H,11-13H2,1-2H3,(H,22,23,24). The smallest absolute Gasteiger partial charge is 0.263 e. The van der Waals surface area contributed by atoms with Crippen LogP contribution in [0.25, 0.3) is 0 Å². The second-order valence-corrected chi connectivity index (χ2v) is 8.17. The number of sulfonamides is 1. The molecule has 2 aromatic carbocycles. The van der Waals surface area contributed by atoms with Crippen molar-refractivity contribution in [3.05, 3.63) is 71.5 Å². The van der Waals surface area contributed by atoms with E-state index in [1.54, 1.807) is 19.2 Å². The van der Waals surface area contributed by atoms with Gasteiger partial charge < -0.3 is 14.6 Å². The van der Waals surface area contributed by atoms with Crippen molar-refractivity contribution >= 4 is 15.8 Å². The molecule has 0 atom stereocenters. The normalized spacial score (nSPS) is 11.2. The molecule has 8 nitrogen and oxygen atoms in total. The van der Waals surface area contributed by atoms with Crippen LogP contribution in [0, 0.1) is 6.92 Å². The van der Waals surface area contributed by atoms with Gasteiger partial charge in [0.1, 0.15) is 18.7 Å². The second kappa shape index (κ2) is 9.55. The molecule has 158 valence electrons. The van der Waals surface area contributed by atoms with Gasteiger partial charge in [0.2, 0.25) is 5.88 Å². The van der Waals surface area contributed by atoms with Gasteiger partial charge in [0, 0.05) is 6.42 Å². The number of anilines is 1. The molecule has 0 saturated heterocycles. The molecule has 0 aliphatic rings. The van der Waals surface area contributed by atoms with Crippen LogP contribution in [0.15, 0.2) is 59.8 Å². The van der Waals surface area contributed by atoms with E-state index in [1.807, 2.05) is 31.2 Å². The summed E-state index contributed by atoms with van der Waals surface area (Å²) in [7, 11) is -2.31. The van der Waals surface area contributed by atoms with Crippen LogP contribution in [-0.2, 0) is 16.4 Å². The first-order valence-electron chi connectivity index (χ1n) is 9.23. The summed E-state index contributed by atoms with van der Waals surface area (Å²) in [6.45, 7) is 1.69. The van der Waals surface area contributed by atoms with E-state index in [9.17, 15) is 8.42 Å². The summed E-state index contributed by atoms with van der Waals surface area (Å²) in [6.07, 6.45) is 1.47. The minimum atomic E-state index is -3.87. The van der Waals surface area contributed by atoms with Crippen LogP contribution in [0.3, 0.4) is 0 Å². The summed E-state index contributed by atoms with van der Waals surface area (Å²) in [6, 6.07) is 13.9. The molecule has 0 saturated carbocycles. The molecule has 1 aromatic heterocycles. The lowest BCUT2D eigenvalue weighted by Gasteiger charge is -2.16. The first kappa shape index (κ1) is 21.5. The van der Waals surface area contributed by atoms with Gasteiger partial charge in [0.05, 0.1) is 24.2 Å². The number of para-hydroxylation sites is 1. The molecule has 0 amide bonds. The molecule has 3 aromatic rings. The first-order chi connectivity index (χ1) is 14.4. The minimum absolute atomic E-state index is 0.0140. The van der Waals surface area contributed by atoms with E-state index in [1.165, 1.54) is 18.5 Å². The zero-order chi connectivity index (χ0) is 21.6. The van der Waals surface area contributed by atoms with E-state index in [0.717, 1.165) is 11.1 Å². The van der Waals surface area contributed by atoms with E-state index < -0.39 is 10.0 Å². The number of ether oxygens (including phenoxy) is 2. The molecular weight excluding hydrogens is 406 g/mol. The zero-order valence-corrected chi connectivity index (χ0v) is 17.5. The van der Waals surface area contributed by atoms with Crippen molar-refractivity contribution in [1.82, 2.24) is 9.97 Å². The molecule has 0 fully saturated rings. The van der Waals surface area contributed by atoms with Crippen molar-refractivity contribution in [2.75, 3.05) is 25.0 Å². The van der Waals surface area contributed by atoms with Crippen LogP contribution < -0.4 is 14.2 Å². The lowest BCUT2D eigenvalue weighted by Crippen LogP contribution is -2.17. The number of aliphatic hydroxyl groups excluding tert-OH is 1. The van der Waals surface area contributed by atoms with Gasteiger partial charge in [-0.1, -0.05) is 35.9 Å². The quantitative estimate of drug-likeness (QED) is 0.538. The summed E-state index contributed by atoms with van der Waals surface area (Å²) in [5.41, 5.74) is 2.19. The molecule has 0 radical (unpaired) electrons. The Morgan fingerprint density at radius 3 is 2.50 bits per heavy atom. The number of methoxy groups -OCH3 is 1. The number of rotatable bonds is 9. The maximum absolute atomic E-state index is 12.9. The fraction of sp³-hybridized carbons (Fsp3) is 0.238. The van der Waals surface area contributed by atoms with Crippen molar-refractivity contribution in [2.45, 2.75) is 18.2 Å². The SMILES string of the molecule is COc1ccccc1Cc1c(NS(=O)(=O)c2ccc(C)cc2)ncnc1OCCO. The highest BCUT2D eigenvalue weighted by molar-refractivity contribution is 7.92. The van der Waals surface area contributed by atoms with Crippen LogP contribution in [0.5, 0.6) is 11.6 Å². The Morgan fingerprint density at radius 2 is 1.80 bits per heavy atom. The second-order valence-electron chi connectivity index (χ2n) is 6.49. The van der Waals surface area contributed by atoms with E-state index >= 15 is 0 Å². The lowest BCUT2D eigenvalue weighted by atomic mass is 10.1. The number of hydrogen-bond donors (Lipinski definition) is 2. The Morgan fingerprint density at radius 1 is 1.07 bits per heavy atom. The van der Waals surface area contributed by atoms with Gasteiger partial charge in [-0.15, -0.1) is 0 Å². The molecule has 3 rings (SSSR count). The zero-order valence-electron chi connectivity index (χ0n) is 16.7. The van der Waals surface area contributed by atoms with Crippen molar-refractivity contribution in [2.24, 2.45) is 0 Å². The summed E-state index contributed by atoms with van der Waals surface area (Å²) in [4.78, 5) is 8.38. The largest absolute Gasteiger partial charge is 0.496 e. The summed E-state index contributed by atoms with van der Waals surface area (Å²) >= 11 is 0. The Labute approximate surface area is 175 Å². The molecule has 0 aliphatic carbocycles. The Kier molecular flexibility index (Phi) is 6.86. The third-order valence-corrected chi connectivity index (χ3v) is 5.71. The van der Waals surface area contributed by atoms with Crippen molar-refractivity contribution in [1.29, 1.82) is 0 Å². The average molecular weight is 429 g/mol. The third kappa shape index (κ3) is 5.05.